The number of hydrogen-bond donors (Lipinski definition) is 3. The molecule has 0 aliphatic carbocycles. The molecule has 18 heavy (non-hydrogen) atoms. The molecule has 0 fully saturated rings. The summed E-state index contributed by atoms with van der Waals surface area (Å²) >= 11 is 0. The highest BCUT2D eigenvalue weighted by Gasteiger charge is 2.10. The number of primary sulfonamides is 1. The molecule has 2 aromatic rings. The standard InChI is InChI=1S/C10H11N5O2S/c11-10(12)15-9-8-5-7(18(13,16)17)2-1-6(8)3-4-14-9/h1-5H,(H2,13,16,17)(H4,11,12,14,15). The third-order valence-corrected chi connectivity index (χ3v) is 3.19. The van der Waals surface area contributed by atoms with Crippen LogP contribution in [0.15, 0.2) is 40.4 Å². The Hall–Kier alpha value is -2.19. The minimum Gasteiger partial charge on any atom is -0.370 e. The van der Waals surface area contributed by atoms with Crippen LogP contribution in [0.1, 0.15) is 0 Å². The van der Waals surface area contributed by atoms with Gasteiger partial charge in [0.1, 0.15) is 0 Å². The Labute approximate surface area is 103 Å². The van der Waals surface area contributed by atoms with E-state index in [4.69, 9.17) is 16.6 Å². The van der Waals surface area contributed by atoms with Gasteiger partial charge in [-0.25, -0.2) is 18.5 Å². The van der Waals surface area contributed by atoms with Crippen molar-refractivity contribution >= 4 is 32.6 Å². The Bertz CT molecular complexity index is 735. The minimum absolute atomic E-state index is 0.0185. The van der Waals surface area contributed by atoms with Crippen LogP contribution in [0, 0.1) is 0 Å². The lowest BCUT2D eigenvalue weighted by Gasteiger charge is -2.04. The van der Waals surface area contributed by atoms with Gasteiger partial charge in [-0.2, -0.15) is 4.99 Å². The van der Waals surface area contributed by atoms with Crippen molar-refractivity contribution in [2.45, 2.75) is 4.90 Å². The van der Waals surface area contributed by atoms with Gasteiger partial charge in [0.15, 0.2) is 11.8 Å². The normalized spacial score (nSPS) is 11.4. The van der Waals surface area contributed by atoms with Crippen LogP contribution < -0.4 is 16.6 Å². The Morgan fingerprint density at radius 1 is 1.22 bits per heavy atom. The lowest BCUT2D eigenvalue weighted by Crippen LogP contribution is -2.22. The van der Waals surface area contributed by atoms with Crippen molar-refractivity contribution in [2.75, 3.05) is 0 Å². The van der Waals surface area contributed by atoms with E-state index in [0.717, 1.165) is 5.39 Å². The number of nitrogens with two attached hydrogens (primary N) is 3. The number of sulfonamides is 1. The molecule has 7 nitrogen and oxygen atoms in total. The van der Waals surface area contributed by atoms with Crippen LogP contribution in [0.5, 0.6) is 0 Å². The number of hydrogen-bond acceptors (Lipinski definition) is 4. The van der Waals surface area contributed by atoms with E-state index in [2.05, 4.69) is 9.98 Å². The third-order valence-electron chi connectivity index (χ3n) is 2.28. The van der Waals surface area contributed by atoms with Crippen LogP contribution in [0.25, 0.3) is 10.8 Å². The zero-order chi connectivity index (χ0) is 13.3. The fourth-order valence-electron chi connectivity index (χ4n) is 1.52. The maximum Gasteiger partial charge on any atom is 0.238 e. The molecule has 1 aromatic heterocycles. The molecule has 6 N–H and O–H groups in total. The SMILES string of the molecule is NC(N)=Nc1nccc2ccc(S(N)(=O)=O)cc12. The quantitative estimate of drug-likeness (QED) is 0.509. The fourth-order valence-corrected chi connectivity index (χ4v) is 2.06. The van der Waals surface area contributed by atoms with E-state index >= 15 is 0 Å². The maximum absolute atomic E-state index is 11.3. The molecule has 0 aliphatic rings. The van der Waals surface area contributed by atoms with Gasteiger partial charge in [0.2, 0.25) is 10.0 Å². The van der Waals surface area contributed by atoms with Gasteiger partial charge in [-0.3, -0.25) is 0 Å². The van der Waals surface area contributed by atoms with E-state index in [1.165, 1.54) is 18.3 Å². The smallest absolute Gasteiger partial charge is 0.238 e. The lowest BCUT2D eigenvalue weighted by molar-refractivity contribution is 0.598. The molecule has 1 aromatic carbocycles. The molecule has 94 valence electrons. The summed E-state index contributed by atoms with van der Waals surface area (Å²) in [6.45, 7) is 0. The van der Waals surface area contributed by atoms with Gasteiger partial charge in [-0.15, -0.1) is 0 Å². The first kappa shape index (κ1) is 12.3. The van der Waals surface area contributed by atoms with Crippen molar-refractivity contribution in [1.82, 2.24) is 4.98 Å². The lowest BCUT2D eigenvalue weighted by atomic mass is 10.1. The molecule has 0 atom stereocenters. The van der Waals surface area contributed by atoms with Gasteiger partial charge >= 0.3 is 0 Å². The summed E-state index contributed by atoms with van der Waals surface area (Å²) in [5.41, 5.74) is 10.6. The van der Waals surface area contributed by atoms with Crippen molar-refractivity contribution in [1.29, 1.82) is 0 Å². The molecule has 0 saturated carbocycles. The number of benzene rings is 1. The van der Waals surface area contributed by atoms with Gasteiger partial charge in [0, 0.05) is 11.6 Å². The Balaban J connectivity index is 2.78. The zero-order valence-electron chi connectivity index (χ0n) is 9.24. The van der Waals surface area contributed by atoms with E-state index in [0.29, 0.717) is 5.39 Å². The molecule has 0 aliphatic heterocycles. The highest BCUT2D eigenvalue weighted by molar-refractivity contribution is 7.89. The van der Waals surface area contributed by atoms with Crippen molar-refractivity contribution in [3.8, 4) is 0 Å². The Morgan fingerprint density at radius 2 is 1.94 bits per heavy atom. The summed E-state index contributed by atoms with van der Waals surface area (Å²) in [7, 11) is -3.78. The monoisotopic (exact) mass is 265 g/mol. The Morgan fingerprint density at radius 3 is 2.56 bits per heavy atom. The van der Waals surface area contributed by atoms with Crippen LogP contribution in [0.2, 0.25) is 0 Å². The second-order valence-corrected chi connectivity index (χ2v) is 5.16. The molecule has 2 rings (SSSR count). The Kier molecular flexibility index (Phi) is 2.89. The van der Waals surface area contributed by atoms with E-state index in [-0.39, 0.29) is 16.7 Å². The number of fused-ring (bicyclic) bond motifs is 1. The summed E-state index contributed by atoms with van der Waals surface area (Å²) in [5, 5.41) is 6.34. The van der Waals surface area contributed by atoms with Crippen molar-refractivity contribution in [3.63, 3.8) is 0 Å². The summed E-state index contributed by atoms with van der Waals surface area (Å²) in [6, 6.07) is 6.13. The molecule has 0 bridgehead atoms. The van der Waals surface area contributed by atoms with Gasteiger partial charge in [0.05, 0.1) is 4.90 Å². The van der Waals surface area contributed by atoms with Crippen molar-refractivity contribution in [3.05, 3.63) is 30.5 Å². The van der Waals surface area contributed by atoms with Gasteiger partial charge in [-0.05, 0) is 23.6 Å². The van der Waals surface area contributed by atoms with Crippen LogP contribution in [-0.4, -0.2) is 19.4 Å². The van der Waals surface area contributed by atoms with Crippen LogP contribution in [-0.2, 0) is 10.0 Å². The van der Waals surface area contributed by atoms with Crippen LogP contribution in [0.3, 0.4) is 0 Å². The largest absolute Gasteiger partial charge is 0.370 e. The average molecular weight is 265 g/mol. The first-order valence-electron chi connectivity index (χ1n) is 4.89. The van der Waals surface area contributed by atoms with Gasteiger partial charge < -0.3 is 11.5 Å². The molecule has 0 saturated heterocycles. The number of rotatable bonds is 2. The third kappa shape index (κ3) is 2.39. The van der Waals surface area contributed by atoms with E-state index in [1.54, 1.807) is 12.1 Å². The van der Waals surface area contributed by atoms with Gasteiger partial charge in [-0.1, -0.05) is 6.07 Å². The van der Waals surface area contributed by atoms with Crippen LogP contribution in [0.4, 0.5) is 5.82 Å². The zero-order valence-corrected chi connectivity index (χ0v) is 10.1. The first-order chi connectivity index (χ1) is 8.38. The molecule has 0 amide bonds. The summed E-state index contributed by atoms with van der Waals surface area (Å²) in [5.74, 6) is 0.0917. The number of guanidine groups is 1. The van der Waals surface area contributed by atoms with E-state index < -0.39 is 10.0 Å². The molecular formula is C10H11N5O2S. The van der Waals surface area contributed by atoms with E-state index in [9.17, 15) is 8.42 Å². The number of aliphatic imine (C=N–C) groups is 1. The van der Waals surface area contributed by atoms with Gasteiger partial charge in [0.25, 0.3) is 0 Å². The minimum atomic E-state index is -3.78. The highest BCUT2D eigenvalue weighted by Crippen LogP contribution is 2.25. The first-order valence-corrected chi connectivity index (χ1v) is 6.44. The van der Waals surface area contributed by atoms with Crippen molar-refractivity contribution < 1.29 is 8.42 Å². The molecule has 8 heteroatoms. The molecular weight excluding hydrogens is 254 g/mol. The number of aromatic nitrogens is 1. The molecule has 0 spiro atoms. The molecule has 0 unspecified atom stereocenters. The van der Waals surface area contributed by atoms with Crippen LogP contribution >= 0.6 is 0 Å². The topological polar surface area (TPSA) is 137 Å². The molecule has 1 heterocycles. The predicted octanol–water partition coefficient (Wildman–Crippen LogP) is -0.213. The summed E-state index contributed by atoms with van der Waals surface area (Å²) < 4.78 is 22.6. The number of pyridine rings is 1. The maximum atomic E-state index is 11.3. The second-order valence-electron chi connectivity index (χ2n) is 3.60. The fraction of sp³-hybridized carbons (Fsp3) is 0. The summed E-state index contributed by atoms with van der Waals surface area (Å²) in [6.07, 6.45) is 1.53. The molecule has 0 radical (unpaired) electrons. The predicted molar refractivity (Wildman–Crippen MR) is 68.6 cm³/mol. The highest BCUT2D eigenvalue weighted by atomic mass is 32.2. The average Bonchev–Trinajstić information content (AvgIpc) is 2.27. The number of nitrogens with zero attached hydrogens (tertiary/aromatic N) is 2. The van der Waals surface area contributed by atoms with Crippen molar-refractivity contribution in [2.24, 2.45) is 21.6 Å². The second kappa shape index (κ2) is 4.24. The summed E-state index contributed by atoms with van der Waals surface area (Å²) in [4.78, 5) is 7.80. The van der Waals surface area contributed by atoms with E-state index in [1.807, 2.05) is 0 Å².